The van der Waals surface area contributed by atoms with Crippen LogP contribution in [0.1, 0.15) is 32.7 Å². The summed E-state index contributed by atoms with van der Waals surface area (Å²) < 4.78 is 4.95. The molecule has 4 N–H and O–H groups in total. The van der Waals surface area contributed by atoms with Crippen molar-refractivity contribution in [1.82, 2.24) is 4.98 Å². The van der Waals surface area contributed by atoms with Crippen molar-refractivity contribution in [2.24, 2.45) is 0 Å². The third-order valence-corrected chi connectivity index (χ3v) is 3.90. The van der Waals surface area contributed by atoms with Crippen LogP contribution in [0, 0.1) is 30.6 Å². The summed E-state index contributed by atoms with van der Waals surface area (Å²) in [4.78, 5) is 16.6. The molecule has 0 atom stereocenters. The number of nitrogens with one attached hydrogen (secondary N) is 2. The van der Waals surface area contributed by atoms with Crippen molar-refractivity contribution in [3.63, 3.8) is 0 Å². The van der Waals surface area contributed by atoms with E-state index in [1.54, 1.807) is 32.0 Å². The number of nitrogens with zero attached hydrogens (tertiary/aromatic N) is 2. The van der Waals surface area contributed by atoms with Crippen LogP contribution in [0.2, 0.25) is 0 Å². The summed E-state index contributed by atoms with van der Waals surface area (Å²) in [7, 11) is 1.50. The summed E-state index contributed by atoms with van der Waals surface area (Å²) in [6, 6.07) is 6.95. The Bertz CT molecular complexity index is 884. The quantitative estimate of drug-likeness (QED) is 0.571. The Labute approximate surface area is 146 Å². The Hall–Kier alpha value is -3.24. The lowest BCUT2D eigenvalue weighted by atomic mass is 10.0. The second-order valence-electron chi connectivity index (χ2n) is 5.55. The van der Waals surface area contributed by atoms with Crippen LogP contribution < -0.4 is 11.1 Å². The number of carbonyl (C=O) groups is 1. The van der Waals surface area contributed by atoms with E-state index < -0.39 is 0 Å². The number of carbonyl (C=O) groups excluding carboxylic acids is 1. The number of nitrogen functional groups attached to an aromatic ring is 1. The largest absolute Gasteiger partial charge is 0.398 e. The van der Waals surface area contributed by atoms with Crippen molar-refractivity contribution >= 4 is 23.0 Å². The second-order valence-corrected chi connectivity index (χ2v) is 5.55. The molecule has 25 heavy (non-hydrogen) atoms. The Morgan fingerprint density at radius 2 is 2.12 bits per heavy atom. The van der Waals surface area contributed by atoms with Crippen LogP contribution in [0.5, 0.6) is 0 Å². The summed E-state index contributed by atoms with van der Waals surface area (Å²) in [6.07, 6.45) is 1.39. The van der Waals surface area contributed by atoms with Crippen LogP contribution in [0.15, 0.2) is 24.4 Å². The molecule has 0 bridgehead atoms. The minimum atomic E-state index is -0.390. The predicted molar refractivity (Wildman–Crippen MR) is 95.9 cm³/mol. The van der Waals surface area contributed by atoms with E-state index in [-0.39, 0.29) is 23.9 Å². The Balaban J connectivity index is 2.30. The number of aromatic nitrogens is 1. The second kappa shape index (κ2) is 7.55. The van der Waals surface area contributed by atoms with Crippen molar-refractivity contribution < 1.29 is 9.53 Å². The molecule has 1 aromatic heterocycles. The van der Waals surface area contributed by atoms with E-state index in [0.29, 0.717) is 28.1 Å². The lowest BCUT2D eigenvalue weighted by Crippen LogP contribution is -2.17. The molecule has 1 heterocycles. The van der Waals surface area contributed by atoms with Gasteiger partial charge < -0.3 is 21.2 Å². The number of ether oxygens (including phenoxy) is 1. The number of methoxy groups -OCH3 is 1. The minimum absolute atomic E-state index is 0.122. The number of rotatable bonds is 5. The van der Waals surface area contributed by atoms with Gasteiger partial charge in [-0.15, -0.1) is 0 Å². The average molecular weight is 337 g/mol. The van der Waals surface area contributed by atoms with Crippen LogP contribution in [0.3, 0.4) is 0 Å². The summed E-state index contributed by atoms with van der Waals surface area (Å²) in [6.45, 7) is 3.65. The maximum atomic E-state index is 12.5. The van der Waals surface area contributed by atoms with Gasteiger partial charge in [0.2, 0.25) is 0 Å². The van der Waals surface area contributed by atoms with Gasteiger partial charge in [-0.25, -0.2) is 4.98 Å². The number of nitriles is 1. The molecule has 0 radical (unpaired) electrons. The molecule has 2 aromatic rings. The van der Waals surface area contributed by atoms with Crippen molar-refractivity contribution in [3.05, 3.63) is 52.3 Å². The molecule has 1 aromatic carbocycles. The van der Waals surface area contributed by atoms with E-state index in [9.17, 15) is 4.79 Å². The van der Waals surface area contributed by atoms with Crippen molar-refractivity contribution in [2.75, 3.05) is 24.8 Å². The summed E-state index contributed by atoms with van der Waals surface area (Å²) in [5, 5.41) is 19.7. The number of nitrogens with two attached hydrogens (primary N) is 1. The van der Waals surface area contributed by atoms with Crippen molar-refractivity contribution in [2.45, 2.75) is 13.8 Å². The summed E-state index contributed by atoms with van der Waals surface area (Å²) in [5.74, 6) is -0.390. The van der Waals surface area contributed by atoms with E-state index in [4.69, 9.17) is 21.1 Å². The summed E-state index contributed by atoms with van der Waals surface area (Å²) >= 11 is 0. The van der Waals surface area contributed by atoms with Gasteiger partial charge in [-0.1, -0.05) is 0 Å². The standard InChI is InChI=1S/C18H19N5O2/c1-10-11(2)17(22-8-12(10)7-19)18(24)23-13-4-5-15(20)14(6-13)16(21)9-25-3/h4-6,8,21H,9,20H2,1-3H3,(H,23,24). The number of amides is 1. The zero-order chi connectivity index (χ0) is 18.6. The Kier molecular flexibility index (Phi) is 5.47. The molecule has 7 nitrogen and oxygen atoms in total. The fourth-order valence-corrected chi connectivity index (χ4v) is 2.35. The Morgan fingerprint density at radius 3 is 2.76 bits per heavy atom. The lowest BCUT2D eigenvalue weighted by molar-refractivity contribution is 0.102. The SMILES string of the molecule is COCC(=N)c1cc(NC(=O)c2ncc(C#N)c(C)c2C)ccc1N. The number of anilines is 2. The molecule has 0 aliphatic carbocycles. The van der Waals surface area contributed by atoms with Crippen LogP contribution in [-0.4, -0.2) is 30.3 Å². The molecule has 1 amide bonds. The smallest absolute Gasteiger partial charge is 0.274 e. The fraction of sp³-hybridized carbons (Fsp3) is 0.222. The van der Waals surface area contributed by atoms with E-state index in [1.165, 1.54) is 13.3 Å². The number of pyridine rings is 1. The molecule has 0 spiro atoms. The fourth-order valence-electron chi connectivity index (χ4n) is 2.35. The number of hydrogen-bond acceptors (Lipinski definition) is 6. The van der Waals surface area contributed by atoms with Gasteiger partial charge in [0.05, 0.1) is 17.9 Å². The highest BCUT2D eigenvalue weighted by atomic mass is 16.5. The van der Waals surface area contributed by atoms with E-state index in [0.717, 1.165) is 5.56 Å². The summed E-state index contributed by atoms with van der Waals surface area (Å²) in [5.41, 5.74) is 9.61. The van der Waals surface area contributed by atoms with Crippen LogP contribution in [0.4, 0.5) is 11.4 Å². The molecule has 0 saturated heterocycles. The Morgan fingerprint density at radius 1 is 1.40 bits per heavy atom. The van der Waals surface area contributed by atoms with Gasteiger partial charge >= 0.3 is 0 Å². The third-order valence-electron chi connectivity index (χ3n) is 3.90. The first-order valence-electron chi connectivity index (χ1n) is 7.53. The molecule has 2 rings (SSSR count). The van der Waals surface area contributed by atoms with Gasteiger partial charge in [0, 0.05) is 30.2 Å². The minimum Gasteiger partial charge on any atom is -0.398 e. The molecule has 0 unspecified atom stereocenters. The monoisotopic (exact) mass is 337 g/mol. The normalized spacial score (nSPS) is 10.2. The molecule has 0 aliphatic heterocycles. The first-order valence-corrected chi connectivity index (χ1v) is 7.53. The zero-order valence-corrected chi connectivity index (χ0v) is 14.3. The molecule has 128 valence electrons. The molecule has 7 heteroatoms. The molecule has 0 fully saturated rings. The van der Waals surface area contributed by atoms with E-state index in [2.05, 4.69) is 10.3 Å². The van der Waals surface area contributed by atoms with E-state index >= 15 is 0 Å². The molecule has 0 saturated carbocycles. The highest BCUT2D eigenvalue weighted by Gasteiger charge is 2.16. The van der Waals surface area contributed by atoms with Crippen molar-refractivity contribution in [1.29, 1.82) is 10.7 Å². The van der Waals surface area contributed by atoms with Gasteiger partial charge in [0.1, 0.15) is 11.8 Å². The van der Waals surface area contributed by atoms with Gasteiger partial charge in [0.25, 0.3) is 5.91 Å². The topological polar surface area (TPSA) is 125 Å². The molecular weight excluding hydrogens is 318 g/mol. The van der Waals surface area contributed by atoms with Crippen LogP contribution in [0.25, 0.3) is 0 Å². The zero-order valence-electron chi connectivity index (χ0n) is 14.3. The van der Waals surface area contributed by atoms with Gasteiger partial charge in [-0.05, 0) is 43.2 Å². The maximum absolute atomic E-state index is 12.5. The van der Waals surface area contributed by atoms with Gasteiger partial charge in [-0.2, -0.15) is 5.26 Å². The molecular formula is C18H19N5O2. The highest BCUT2D eigenvalue weighted by Crippen LogP contribution is 2.20. The van der Waals surface area contributed by atoms with Gasteiger partial charge in [0.15, 0.2) is 0 Å². The first kappa shape index (κ1) is 18.1. The van der Waals surface area contributed by atoms with Gasteiger partial charge in [-0.3, -0.25) is 4.79 Å². The highest BCUT2D eigenvalue weighted by molar-refractivity contribution is 6.07. The van der Waals surface area contributed by atoms with Crippen LogP contribution in [-0.2, 0) is 4.74 Å². The molecule has 0 aliphatic rings. The number of benzene rings is 1. The maximum Gasteiger partial charge on any atom is 0.274 e. The average Bonchev–Trinajstić information content (AvgIpc) is 2.59. The number of hydrogen-bond donors (Lipinski definition) is 3. The van der Waals surface area contributed by atoms with Crippen molar-refractivity contribution in [3.8, 4) is 6.07 Å². The first-order chi connectivity index (χ1) is 11.9. The van der Waals surface area contributed by atoms with E-state index in [1.807, 2.05) is 6.07 Å². The lowest BCUT2D eigenvalue weighted by Gasteiger charge is -2.12. The predicted octanol–water partition coefficient (Wildman–Crippen LogP) is 2.42. The third kappa shape index (κ3) is 3.82. The van der Waals surface area contributed by atoms with Crippen LogP contribution >= 0.6 is 0 Å².